The van der Waals surface area contributed by atoms with Gasteiger partial charge in [0.05, 0.1) is 0 Å². The summed E-state index contributed by atoms with van der Waals surface area (Å²) >= 11 is 4.14. The van der Waals surface area contributed by atoms with Gasteiger partial charge in [0, 0.05) is 0 Å². The van der Waals surface area contributed by atoms with Crippen molar-refractivity contribution < 1.29 is 68.4 Å². The normalized spacial score (nSPS) is 1.50. The molecule has 0 spiro atoms. The molecule has 4 heteroatoms. The van der Waals surface area contributed by atoms with Crippen molar-refractivity contribution in [2.45, 2.75) is 0 Å². The fraction of sp³-hybridized carbons (Fsp3) is 0. The van der Waals surface area contributed by atoms with Gasteiger partial charge in [0.25, 0.3) is 0 Å². The molecule has 0 saturated carbocycles. The Morgan fingerprint density at radius 1 is 1.25 bits per heavy atom. The number of hydrogen-bond acceptors (Lipinski definition) is 1. The van der Waals surface area contributed by atoms with Crippen molar-refractivity contribution in [2.75, 3.05) is 0 Å². The summed E-state index contributed by atoms with van der Waals surface area (Å²) in [7, 11) is 0. The Hall–Kier alpha value is 2.37. The molecular formula is H2BrClKN. The zero-order chi connectivity index (χ0) is 2.00. The topological polar surface area (TPSA) is 26.0 Å². The second-order valence-corrected chi connectivity index (χ2v) is 0. The predicted molar refractivity (Wildman–Crippen MR) is 10.0 cm³/mol. The molecule has 0 atom stereocenters. The van der Waals surface area contributed by atoms with Crippen LogP contribution in [0.5, 0.6) is 0 Å². The van der Waals surface area contributed by atoms with Crippen LogP contribution in [0, 0.1) is 0 Å². The minimum absolute atomic E-state index is 0. The Balaban J connectivity index is -0.00000000500. The Morgan fingerprint density at radius 3 is 1.25 bits per heavy atom. The van der Waals surface area contributed by atoms with Gasteiger partial charge in [0.15, 0.2) is 0 Å². The molecule has 0 radical (unpaired) electrons. The van der Waals surface area contributed by atoms with Gasteiger partial charge < -0.3 is 17.0 Å². The molecule has 1 nitrogen and oxygen atoms in total. The van der Waals surface area contributed by atoms with Gasteiger partial charge in [-0.3, -0.25) is 0 Å². The number of hydrogen-bond donors (Lipinski definition) is 1. The monoisotopic (exact) mass is 169 g/mol. The average molecular weight is 170 g/mol. The van der Waals surface area contributed by atoms with Crippen LogP contribution in [-0.2, 0) is 0 Å². The second-order valence-electron chi connectivity index (χ2n) is 0. The summed E-state index contributed by atoms with van der Waals surface area (Å²) in [6, 6.07) is 0. The molecule has 0 aromatic heterocycles. The molecular weight excluding hydrogens is 168 g/mol. The third kappa shape index (κ3) is 8.84. The molecule has 0 heterocycles. The zero-order valence-electron chi connectivity index (χ0n) is 2.33. The van der Waals surface area contributed by atoms with E-state index in [-0.39, 0.29) is 68.4 Å². The minimum atomic E-state index is 0. The largest absolute Gasteiger partial charge is 1.00 e. The van der Waals surface area contributed by atoms with Gasteiger partial charge in [-0.25, -0.2) is 5.25 Å². The summed E-state index contributed by atoms with van der Waals surface area (Å²) in [6.07, 6.45) is 0. The molecule has 0 unspecified atom stereocenters. The molecule has 0 aliphatic heterocycles. The van der Waals surface area contributed by atoms with Crippen LogP contribution in [0.25, 0.3) is 0 Å². The predicted octanol–water partition coefficient (Wildman–Crippen LogP) is -5.89. The number of nitrogens with two attached hydrogens (primary N) is 1. The van der Waals surface area contributed by atoms with Crippen LogP contribution in [0.1, 0.15) is 0 Å². The van der Waals surface area contributed by atoms with E-state index in [1.165, 1.54) is 0 Å². The number of rotatable bonds is 0. The van der Waals surface area contributed by atoms with E-state index in [2.05, 4.69) is 17.0 Å². The molecule has 2 N–H and O–H groups in total. The fourth-order valence-corrected chi connectivity index (χ4v) is 0. The van der Waals surface area contributed by atoms with Crippen LogP contribution < -0.4 is 73.6 Å². The van der Waals surface area contributed by atoms with Crippen molar-refractivity contribution >= 4 is 11.8 Å². The van der Waals surface area contributed by atoms with Gasteiger partial charge in [-0.15, -0.1) is 0 Å². The molecule has 0 aliphatic rings. The third-order valence-corrected chi connectivity index (χ3v) is 0. The van der Waals surface area contributed by atoms with Gasteiger partial charge in [0.1, 0.15) is 0 Å². The van der Waals surface area contributed by atoms with Crippen LogP contribution in [0.2, 0.25) is 0 Å². The van der Waals surface area contributed by atoms with Crippen LogP contribution in [0.4, 0.5) is 0 Å². The second kappa shape index (κ2) is 18.3. The van der Waals surface area contributed by atoms with E-state index in [0.29, 0.717) is 0 Å². The molecule has 0 rings (SSSR count). The first-order valence-electron chi connectivity index (χ1n) is 0.218. The molecule has 0 aromatic carbocycles. The zero-order valence-corrected chi connectivity index (χ0v) is 7.80. The van der Waals surface area contributed by atoms with E-state index in [4.69, 9.17) is 0 Å². The van der Waals surface area contributed by atoms with Crippen molar-refractivity contribution in [3.05, 3.63) is 0 Å². The summed E-state index contributed by atoms with van der Waals surface area (Å²) in [6.45, 7) is 0. The average Bonchev–Trinajstić information content (AvgIpc) is 1.00. The third-order valence-electron chi connectivity index (χ3n) is 0. The van der Waals surface area contributed by atoms with Gasteiger partial charge in [0.2, 0.25) is 0 Å². The van der Waals surface area contributed by atoms with Crippen molar-refractivity contribution in [3.63, 3.8) is 0 Å². The number of halogens is 2. The van der Waals surface area contributed by atoms with Gasteiger partial charge in [-0.2, -0.15) is 0 Å². The van der Waals surface area contributed by atoms with Crippen molar-refractivity contribution in [3.8, 4) is 0 Å². The quantitative estimate of drug-likeness (QED) is 0.284. The van der Waals surface area contributed by atoms with Crippen molar-refractivity contribution in [1.82, 2.24) is 0 Å². The molecule has 4 heavy (non-hydrogen) atoms. The van der Waals surface area contributed by atoms with E-state index < -0.39 is 0 Å². The van der Waals surface area contributed by atoms with E-state index in [1.54, 1.807) is 0 Å². The summed E-state index contributed by atoms with van der Waals surface area (Å²) in [4.78, 5) is 0. The first kappa shape index (κ1) is 16.2. The maximum Gasteiger partial charge on any atom is 1.00 e. The molecule has 22 valence electrons. The van der Waals surface area contributed by atoms with E-state index in [1.807, 2.05) is 0 Å². The maximum atomic E-state index is 4.14. The van der Waals surface area contributed by atoms with E-state index in [0.717, 1.165) is 0 Å². The Morgan fingerprint density at radius 2 is 1.25 bits per heavy atom. The molecule has 0 aromatic rings. The Kier molecular flexibility index (Phi) is 73.9. The van der Waals surface area contributed by atoms with E-state index >= 15 is 0 Å². The van der Waals surface area contributed by atoms with Crippen LogP contribution >= 0.6 is 11.8 Å². The summed E-state index contributed by atoms with van der Waals surface area (Å²) in [5, 5.41) is 3.97. The molecule has 0 amide bonds. The summed E-state index contributed by atoms with van der Waals surface area (Å²) in [5.41, 5.74) is 0. The van der Waals surface area contributed by atoms with Crippen LogP contribution in [0.15, 0.2) is 0 Å². The molecule has 0 saturated heterocycles. The standard InChI is InChI=1S/BrH.ClH2N.K/c;1-2;/h1H;2H2;/q;;+1/p-1. The SMILES string of the molecule is NCl.[Br-].[K+]. The van der Waals surface area contributed by atoms with Crippen molar-refractivity contribution in [1.29, 1.82) is 0 Å². The maximum absolute atomic E-state index is 4.14. The Labute approximate surface area is 83.6 Å². The van der Waals surface area contributed by atoms with Crippen LogP contribution in [-0.4, -0.2) is 0 Å². The Bertz CT molecular complexity index is 8.00. The van der Waals surface area contributed by atoms with Crippen LogP contribution in [0.3, 0.4) is 0 Å². The summed E-state index contributed by atoms with van der Waals surface area (Å²) in [5.74, 6) is 0. The smallest absolute Gasteiger partial charge is 1.00 e. The fourth-order valence-electron chi connectivity index (χ4n) is 0. The van der Waals surface area contributed by atoms with Gasteiger partial charge >= 0.3 is 51.4 Å². The first-order valence-corrected chi connectivity index (χ1v) is 0.655. The molecule has 0 bridgehead atoms. The van der Waals surface area contributed by atoms with Crippen molar-refractivity contribution in [2.24, 2.45) is 5.25 Å². The van der Waals surface area contributed by atoms with Gasteiger partial charge in [-0.1, -0.05) is 0 Å². The summed E-state index contributed by atoms with van der Waals surface area (Å²) < 4.78 is 0. The first-order chi connectivity index (χ1) is 1.00. The molecule has 0 aliphatic carbocycles. The minimum Gasteiger partial charge on any atom is -1.00 e. The van der Waals surface area contributed by atoms with Gasteiger partial charge in [-0.05, 0) is 11.8 Å². The van der Waals surface area contributed by atoms with E-state index in [9.17, 15) is 0 Å². The molecule has 0 fully saturated rings.